The third-order valence-electron chi connectivity index (χ3n) is 4.14. The molecule has 0 spiro atoms. The Morgan fingerprint density at radius 1 is 0.571 bits per heavy atom. The lowest BCUT2D eigenvalue weighted by Gasteiger charge is -2.08. The van der Waals surface area contributed by atoms with Crippen molar-refractivity contribution in [3.63, 3.8) is 0 Å². The zero-order valence-electron chi connectivity index (χ0n) is 14.9. The summed E-state index contributed by atoms with van der Waals surface area (Å²) in [7, 11) is 0. The molecule has 0 aliphatic rings. The van der Waals surface area contributed by atoms with Crippen LogP contribution in [0.2, 0.25) is 10.0 Å². The minimum atomic E-state index is -0.205. The Kier molecular flexibility index (Phi) is 6.69. The Morgan fingerprint density at radius 2 is 0.893 bits per heavy atom. The first-order valence-corrected chi connectivity index (χ1v) is 9.42. The molecule has 0 aromatic heterocycles. The van der Waals surface area contributed by atoms with Crippen LogP contribution >= 0.6 is 23.2 Å². The lowest BCUT2D eigenvalue weighted by molar-refractivity contribution is 0.0939. The van der Waals surface area contributed by atoms with Crippen LogP contribution in [0, 0.1) is 0 Å². The number of carbonyl (C=O) groups is 2. The van der Waals surface area contributed by atoms with Crippen LogP contribution in [0.4, 0.5) is 0 Å². The first kappa shape index (κ1) is 19.9. The molecule has 28 heavy (non-hydrogen) atoms. The minimum Gasteiger partial charge on any atom is -0.348 e. The number of halogens is 2. The molecule has 0 aliphatic carbocycles. The molecule has 2 amide bonds. The summed E-state index contributed by atoms with van der Waals surface area (Å²) in [6.45, 7) is 0.804. The zero-order chi connectivity index (χ0) is 19.9. The number of nitrogens with one attached hydrogen (secondary N) is 2. The number of benzene rings is 3. The molecule has 0 unspecified atom stereocenters. The number of hydrogen-bond acceptors (Lipinski definition) is 2. The monoisotopic (exact) mass is 412 g/mol. The first-order valence-electron chi connectivity index (χ1n) is 8.66. The van der Waals surface area contributed by atoms with Crippen LogP contribution < -0.4 is 10.6 Å². The van der Waals surface area contributed by atoms with E-state index in [0.29, 0.717) is 34.3 Å². The fourth-order valence-corrected chi connectivity index (χ4v) is 2.80. The Morgan fingerprint density at radius 3 is 1.21 bits per heavy atom. The van der Waals surface area contributed by atoms with E-state index in [1.807, 2.05) is 24.3 Å². The molecule has 0 bridgehead atoms. The van der Waals surface area contributed by atoms with E-state index in [1.165, 1.54) is 0 Å². The van der Waals surface area contributed by atoms with Crippen LogP contribution in [0.25, 0.3) is 0 Å². The smallest absolute Gasteiger partial charge is 0.251 e. The van der Waals surface area contributed by atoms with Gasteiger partial charge in [0, 0.05) is 34.3 Å². The molecule has 0 radical (unpaired) electrons. The Labute approximate surface area is 173 Å². The molecule has 6 heteroatoms. The van der Waals surface area contributed by atoms with Crippen LogP contribution in [-0.2, 0) is 13.1 Å². The summed E-state index contributed by atoms with van der Waals surface area (Å²) in [5.41, 5.74) is 2.89. The quantitative estimate of drug-likeness (QED) is 0.607. The fourth-order valence-electron chi connectivity index (χ4n) is 2.55. The third kappa shape index (κ3) is 5.59. The largest absolute Gasteiger partial charge is 0.348 e. The van der Waals surface area contributed by atoms with E-state index < -0.39 is 0 Å². The van der Waals surface area contributed by atoms with Gasteiger partial charge in [0.2, 0.25) is 0 Å². The average Bonchev–Trinajstić information content (AvgIpc) is 2.72. The molecule has 3 aromatic rings. The van der Waals surface area contributed by atoms with E-state index in [4.69, 9.17) is 23.2 Å². The van der Waals surface area contributed by atoms with E-state index in [9.17, 15) is 9.59 Å². The van der Waals surface area contributed by atoms with Gasteiger partial charge in [-0.25, -0.2) is 0 Å². The maximum atomic E-state index is 12.3. The molecule has 142 valence electrons. The maximum Gasteiger partial charge on any atom is 0.251 e. The van der Waals surface area contributed by atoms with Crippen molar-refractivity contribution in [1.29, 1.82) is 0 Å². The summed E-state index contributed by atoms with van der Waals surface area (Å²) in [6.07, 6.45) is 0. The molecule has 3 aromatic carbocycles. The van der Waals surface area contributed by atoms with Crippen LogP contribution in [0.15, 0.2) is 72.8 Å². The van der Waals surface area contributed by atoms with Crippen LogP contribution in [0.1, 0.15) is 31.8 Å². The van der Waals surface area contributed by atoms with Crippen LogP contribution in [0.5, 0.6) is 0 Å². The number of rotatable bonds is 6. The molecule has 0 saturated carbocycles. The summed E-state index contributed by atoms with van der Waals surface area (Å²) >= 11 is 11.7. The van der Waals surface area contributed by atoms with E-state index in [1.54, 1.807) is 48.5 Å². The second kappa shape index (κ2) is 9.40. The van der Waals surface area contributed by atoms with Gasteiger partial charge in [0.05, 0.1) is 0 Å². The molecule has 0 aliphatic heterocycles. The van der Waals surface area contributed by atoms with E-state index in [-0.39, 0.29) is 11.8 Å². The highest BCUT2D eigenvalue weighted by Gasteiger charge is 2.09. The minimum absolute atomic E-state index is 0.205. The van der Waals surface area contributed by atoms with Crippen molar-refractivity contribution < 1.29 is 9.59 Å². The Balaban J connectivity index is 1.53. The van der Waals surface area contributed by atoms with Gasteiger partial charge < -0.3 is 10.6 Å². The molecule has 4 nitrogen and oxygen atoms in total. The van der Waals surface area contributed by atoms with Gasteiger partial charge in [-0.15, -0.1) is 0 Å². The van der Waals surface area contributed by atoms with Crippen molar-refractivity contribution >= 4 is 35.0 Å². The third-order valence-corrected chi connectivity index (χ3v) is 4.65. The predicted molar refractivity (Wildman–Crippen MR) is 112 cm³/mol. The van der Waals surface area contributed by atoms with Crippen molar-refractivity contribution in [3.05, 3.63) is 105 Å². The van der Waals surface area contributed by atoms with Crippen molar-refractivity contribution in [2.75, 3.05) is 0 Å². The molecule has 2 N–H and O–H groups in total. The lowest BCUT2D eigenvalue weighted by atomic mass is 10.1. The van der Waals surface area contributed by atoms with Gasteiger partial charge in [-0.3, -0.25) is 9.59 Å². The van der Waals surface area contributed by atoms with E-state index in [0.717, 1.165) is 11.1 Å². The van der Waals surface area contributed by atoms with Crippen LogP contribution in [0.3, 0.4) is 0 Å². The maximum absolute atomic E-state index is 12.3. The molecular weight excluding hydrogens is 395 g/mol. The van der Waals surface area contributed by atoms with Crippen molar-refractivity contribution in [2.45, 2.75) is 13.1 Å². The summed E-state index contributed by atoms with van der Waals surface area (Å²) in [5.74, 6) is -0.411. The molecule has 0 fully saturated rings. The fraction of sp³-hybridized carbons (Fsp3) is 0.0909. The van der Waals surface area contributed by atoms with Crippen molar-refractivity contribution in [2.24, 2.45) is 0 Å². The van der Waals surface area contributed by atoms with E-state index >= 15 is 0 Å². The number of carbonyl (C=O) groups excluding carboxylic acids is 2. The van der Waals surface area contributed by atoms with Gasteiger partial charge in [0.15, 0.2) is 0 Å². The molecule has 0 heterocycles. The molecule has 3 rings (SSSR count). The highest BCUT2D eigenvalue weighted by atomic mass is 35.5. The standard InChI is InChI=1S/C22H18Cl2N2O2/c23-19-9-1-15(2-10-19)13-25-21(27)17-5-7-18(8-6-17)22(28)26-14-16-3-11-20(24)12-4-16/h1-12H,13-14H2,(H,25,27)(H,26,28). The molecule has 0 saturated heterocycles. The van der Waals surface area contributed by atoms with Gasteiger partial charge in [-0.05, 0) is 59.7 Å². The zero-order valence-corrected chi connectivity index (χ0v) is 16.4. The van der Waals surface area contributed by atoms with Crippen LogP contribution in [-0.4, -0.2) is 11.8 Å². The van der Waals surface area contributed by atoms with Gasteiger partial charge in [-0.2, -0.15) is 0 Å². The average molecular weight is 413 g/mol. The Hall–Kier alpha value is -2.82. The highest BCUT2D eigenvalue weighted by Crippen LogP contribution is 2.11. The highest BCUT2D eigenvalue weighted by molar-refractivity contribution is 6.30. The normalized spacial score (nSPS) is 10.4. The summed E-state index contributed by atoms with van der Waals surface area (Å²) in [6, 6.07) is 21.1. The summed E-state index contributed by atoms with van der Waals surface area (Å²) in [4.78, 5) is 24.5. The second-order valence-electron chi connectivity index (χ2n) is 6.20. The molecular formula is C22H18Cl2N2O2. The summed E-state index contributed by atoms with van der Waals surface area (Å²) in [5, 5.41) is 6.99. The topological polar surface area (TPSA) is 58.2 Å². The number of amides is 2. The van der Waals surface area contributed by atoms with Gasteiger partial charge in [-0.1, -0.05) is 47.5 Å². The summed E-state index contributed by atoms with van der Waals surface area (Å²) < 4.78 is 0. The SMILES string of the molecule is O=C(NCc1ccc(Cl)cc1)c1ccc(C(=O)NCc2ccc(Cl)cc2)cc1. The van der Waals surface area contributed by atoms with Crippen molar-refractivity contribution in [1.82, 2.24) is 10.6 Å². The Bertz CT molecular complexity index is 873. The second-order valence-corrected chi connectivity index (χ2v) is 7.07. The van der Waals surface area contributed by atoms with Gasteiger partial charge in [0.1, 0.15) is 0 Å². The van der Waals surface area contributed by atoms with E-state index in [2.05, 4.69) is 10.6 Å². The predicted octanol–water partition coefficient (Wildman–Crippen LogP) is 4.85. The van der Waals surface area contributed by atoms with Gasteiger partial charge in [0.25, 0.3) is 11.8 Å². The van der Waals surface area contributed by atoms with Gasteiger partial charge >= 0.3 is 0 Å². The van der Waals surface area contributed by atoms with Crippen molar-refractivity contribution in [3.8, 4) is 0 Å². The first-order chi connectivity index (χ1) is 13.5. The molecule has 0 atom stereocenters. The lowest BCUT2D eigenvalue weighted by Crippen LogP contribution is -2.24. The number of hydrogen-bond donors (Lipinski definition) is 2.